The second-order valence-corrected chi connectivity index (χ2v) is 5.22. The number of rotatable bonds is 3. The molecule has 0 N–H and O–H groups in total. The molecule has 1 fully saturated rings. The molecule has 122 valence electrons. The van der Waals surface area contributed by atoms with Crippen LogP contribution in [0.1, 0.15) is 22.0 Å². The zero-order chi connectivity index (χ0) is 17.1. The summed E-state index contributed by atoms with van der Waals surface area (Å²) in [4.78, 5) is 38.0. The number of ether oxygens (including phenoxy) is 2. The van der Waals surface area contributed by atoms with Gasteiger partial charge in [0.2, 0.25) is 6.10 Å². The lowest BCUT2D eigenvalue weighted by molar-refractivity contribution is -0.150. The van der Waals surface area contributed by atoms with Gasteiger partial charge in [-0.2, -0.15) is 0 Å². The van der Waals surface area contributed by atoms with E-state index >= 15 is 0 Å². The summed E-state index contributed by atoms with van der Waals surface area (Å²) < 4.78 is 9.84. The molecule has 2 aromatic carbocycles. The molecule has 6 heteroatoms. The topological polar surface area (TPSA) is 72.9 Å². The first-order valence-corrected chi connectivity index (χ1v) is 7.35. The molecule has 0 aliphatic carbocycles. The highest BCUT2D eigenvalue weighted by Crippen LogP contribution is 2.35. The Kier molecular flexibility index (Phi) is 4.29. The fourth-order valence-corrected chi connectivity index (χ4v) is 2.68. The minimum absolute atomic E-state index is 0.334. The van der Waals surface area contributed by atoms with Crippen LogP contribution in [0.2, 0.25) is 0 Å². The Morgan fingerprint density at radius 3 is 2.17 bits per heavy atom. The van der Waals surface area contributed by atoms with Gasteiger partial charge in [0.25, 0.3) is 5.91 Å². The number of esters is 1. The Morgan fingerprint density at radius 1 is 1.00 bits per heavy atom. The van der Waals surface area contributed by atoms with Crippen LogP contribution < -0.4 is 0 Å². The molecule has 0 spiro atoms. The molecule has 3 rings (SSSR count). The van der Waals surface area contributed by atoms with Crippen LogP contribution in [-0.4, -0.2) is 36.1 Å². The highest BCUT2D eigenvalue weighted by Gasteiger charge is 2.50. The molecule has 2 atom stereocenters. The quantitative estimate of drug-likeness (QED) is 0.811. The van der Waals surface area contributed by atoms with Crippen LogP contribution in [0.25, 0.3) is 0 Å². The molecule has 1 aliphatic heterocycles. The van der Waals surface area contributed by atoms with Crippen LogP contribution in [-0.2, 0) is 14.3 Å². The lowest BCUT2D eigenvalue weighted by atomic mass is 10.00. The molecule has 6 nitrogen and oxygen atoms in total. The number of benzene rings is 2. The van der Waals surface area contributed by atoms with Crippen LogP contribution in [0.3, 0.4) is 0 Å². The minimum atomic E-state index is -1.20. The fourth-order valence-electron chi connectivity index (χ4n) is 2.68. The maximum atomic E-state index is 12.8. The first kappa shape index (κ1) is 15.7. The van der Waals surface area contributed by atoms with Gasteiger partial charge in [-0.3, -0.25) is 4.79 Å². The first-order chi connectivity index (χ1) is 11.6. The van der Waals surface area contributed by atoms with Gasteiger partial charge in [0.15, 0.2) is 0 Å². The fraction of sp³-hybridized carbons (Fsp3) is 0.167. The average molecular weight is 325 g/mol. The number of nitrogens with zero attached hydrogens (tertiary/aromatic N) is 1. The van der Waals surface area contributed by atoms with Crippen molar-refractivity contribution in [1.82, 2.24) is 4.90 Å². The Bertz CT molecular complexity index is 759. The molecule has 24 heavy (non-hydrogen) atoms. The molecular weight excluding hydrogens is 310 g/mol. The summed E-state index contributed by atoms with van der Waals surface area (Å²) in [6, 6.07) is 16.3. The van der Waals surface area contributed by atoms with Crippen LogP contribution in [0.4, 0.5) is 4.79 Å². The summed E-state index contributed by atoms with van der Waals surface area (Å²) in [5, 5.41) is 0. The number of cyclic esters (lactones) is 1. The molecule has 0 unspecified atom stereocenters. The zero-order valence-electron chi connectivity index (χ0n) is 12.9. The monoisotopic (exact) mass is 325 g/mol. The molecule has 1 heterocycles. The summed E-state index contributed by atoms with van der Waals surface area (Å²) in [5.74, 6) is -1.23. The van der Waals surface area contributed by atoms with E-state index in [4.69, 9.17) is 9.47 Å². The first-order valence-electron chi connectivity index (χ1n) is 7.35. The number of carbonyl (C=O) groups is 3. The second kappa shape index (κ2) is 6.54. The van der Waals surface area contributed by atoms with Gasteiger partial charge in [0.1, 0.15) is 6.04 Å². The molecule has 2 aromatic rings. The summed E-state index contributed by atoms with van der Waals surface area (Å²) in [6.07, 6.45) is -2.06. The van der Waals surface area contributed by atoms with E-state index in [-0.39, 0.29) is 0 Å². The van der Waals surface area contributed by atoms with Gasteiger partial charge < -0.3 is 9.47 Å². The summed E-state index contributed by atoms with van der Waals surface area (Å²) in [5.41, 5.74) is 0.948. The van der Waals surface area contributed by atoms with Crippen molar-refractivity contribution in [2.75, 3.05) is 7.11 Å². The summed E-state index contributed by atoms with van der Waals surface area (Å²) in [6.45, 7) is 0. The normalized spacial score (nSPS) is 19.7. The summed E-state index contributed by atoms with van der Waals surface area (Å²) in [7, 11) is 1.21. The smallest absolute Gasteiger partial charge is 0.418 e. The van der Waals surface area contributed by atoms with Crippen molar-refractivity contribution in [2.24, 2.45) is 0 Å². The van der Waals surface area contributed by atoms with Crippen LogP contribution in [0.5, 0.6) is 0 Å². The van der Waals surface area contributed by atoms with E-state index in [9.17, 15) is 14.4 Å². The Labute approximate surface area is 138 Å². The molecule has 0 saturated carbocycles. The predicted octanol–water partition coefficient (Wildman–Crippen LogP) is 2.56. The van der Waals surface area contributed by atoms with Gasteiger partial charge in [-0.1, -0.05) is 48.5 Å². The van der Waals surface area contributed by atoms with Crippen molar-refractivity contribution in [2.45, 2.75) is 12.1 Å². The van der Waals surface area contributed by atoms with Gasteiger partial charge >= 0.3 is 12.1 Å². The van der Waals surface area contributed by atoms with E-state index in [0.29, 0.717) is 11.1 Å². The van der Waals surface area contributed by atoms with Crippen molar-refractivity contribution < 1.29 is 23.9 Å². The molecule has 0 aromatic heterocycles. The third-order valence-corrected chi connectivity index (χ3v) is 3.80. The van der Waals surface area contributed by atoms with Gasteiger partial charge in [0.05, 0.1) is 7.11 Å². The number of hydrogen-bond acceptors (Lipinski definition) is 5. The molecule has 0 radical (unpaired) electrons. The summed E-state index contributed by atoms with van der Waals surface area (Å²) >= 11 is 0. The maximum Gasteiger partial charge on any atom is 0.418 e. The van der Waals surface area contributed by atoms with E-state index in [1.54, 1.807) is 60.7 Å². The van der Waals surface area contributed by atoms with E-state index in [2.05, 4.69) is 0 Å². The van der Waals surface area contributed by atoms with Crippen molar-refractivity contribution in [3.05, 3.63) is 71.8 Å². The molecule has 0 bridgehead atoms. The third-order valence-electron chi connectivity index (χ3n) is 3.80. The van der Waals surface area contributed by atoms with Crippen LogP contribution >= 0.6 is 0 Å². The zero-order valence-corrected chi connectivity index (χ0v) is 12.9. The molecule has 2 amide bonds. The maximum absolute atomic E-state index is 12.8. The van der Waals surface area contributed by atoms with Crippen LogP contribution in [0, 0.1) is 0 Å². The van der Waals surface area contributed by atoms with Crippen molar-refractivity contribution in [1.29, 1.82) is 0 Å². The van der Waals surface area contributed by atoms with E-state index < -0.39 is 30.1 Å². The average Bonchev–Trinajstić information content (AvgIpc) is 2.99. The van der Waals surface area contributed by atoms with E-state index in [0.717, 1.165) is 4.90 Å². The van der Waals surface area contributed by atoms with Gasteiger partial charge in [-0.05, 0) is 17.7 Å². The van der Waals surface area contributed by atoms with Crippen molar-refractivity contribution in [3.8, 4) is 0 Å². The van der Waals surface area contributed by atoms with E-state index in [1.165, 1.54) is 7.11 Å². The highest BCUT2D eigenvalue weighted by atomic mass is 16.6. The number of amides is 2. The Balaban J connectivity index is 2.04. The number of hydrogen-bond donors (Lipinski definition) is 0. The standard InChI is InChI=1S/C18H15NO5/c1-23-17(21)15-14(12-8-4-2-5-9-12)19(18(22)24-15)16(20)13-10-6-3-7-11-13/h2-11,14-15H,1H3/t14-,15-/m0/s1. The SMILES string of the molecule is COC(=O)[C@H]1OC(=O)N(C(=O)c2ccccc2)[C@H]1c1ccccc1. The van der Waals surface area contributed by atoms with E-state index in [1.807, 2.05) is 0 Å². The Hall–Kier alpha value is -3.15. The number of carbonyl (C=O) groups excluding carboxylic acids is 3. The van der Waals surface area contributed by atoms with Gasteiger partial charge in [-0.25, -0.2) is 14.5 Å². The van der Waals surface area contributed by atoms with Gasteiger partial charge in [-0.15, -0.1) is 0 Å². The lowest BCUT2D eigenvalue weighted by Gasteiger charge is -2.22. The second-order valence-electron chi connectivity index (χ2n) is 5.22. The number of methoxy groups -OCH3 is 1. The largest absolute Gasteiger partial charge is 0.466 e. The van der Waals surface area contributed by atoms with Gasteiger partial charge in [0, 0.05) is 5.56 Å². The van der Waals surface area contributed by atoms with Crippen molar-refractivity contribution in [3.63, 3.8) is 0 Å². The number of imide groups is 1. The molecule has 1 aliphatic rings. The van der Waals surface area contributed by atoms with Crippen LogP contribution in [0.15, 0.2) is 60.7 Å². The molecular formula is C18H15NO5. The molecule has 1 saturated heterocycles. The predicted molar refractivity (Wildman–Crippen MR) is 84.1 cm³/mol. The Morgan fingerprint density at radius 2 is 1.58 bits per heavy atom. The van der Waals surface area contributed by atoms with Crippen molar-refractivity contribution >= 4 is 18.0 Å². The lowest BCUT2D eigenvalue weighted by Crippen LogP contribution is -2.37. The highest BCUT2D eigenvalue weighted by molar-refractivity contribution is 6.05. The third kappa shape index (κ3) is 2.74. The minimum Gasteiger partial charge on any atom is -0.466 e.